The fourth-order valence-electron chi connectivity index (χ4n) is 7.15. The minimum Gasteiger partial charge on any atom is -0.390 e. The number of hydrogen-bond acceptors (Lipinski definition) is 6. The van der Waals surface area contributed by atoms with E-state index in [2.05, 4.69) is 56.3 Å². The SMILES string of the molecule is CC(=NOC(C)(C)C)c1ccc2c(c1)c1c3c(c4c(c1n2CCCN1CCN(C)CC1)CCc1nn(C)cc1-4)C(=O)NC3. The number of likely N-dealkylation sites (N-methyl/N-ethyl adjacent to an activating group) is 1. The minimum atomic E-state index is -0.359. The molecule has 2 aromatic heterocycles. The molecule has 7 rings (SSSR count). The van der Waals surface area contributed by atoms with Crippen molar-refractivity contribution in [2.45, 2.75) is 65.6 Å². The normalized spacial score (nSPS) is 17.8. The largest absolute Gasteiger partial charge is 0.390 e. The maximum atomic E-state index is 13.5. The monoisotopic (exact) mass is 581 g/mol. The lowest BCUT2D eigenvalue weighted by Crippen LogP contribution is -2.44. The highest BCUT2D eigenvalue weighted by molar-refractivity contribution is 6.20. The van der Waals surface area contributed by atoms with Crippen LogP contribution in [0.25, 0.3) is 32.9 Å². The highest BCUT2D eigenvalue weighted by atomic mass is 16.6. The highest BCUT2D eigenvalue weighted by Gasteiger charge is 2.35. The van der Waals surface area contributed by atoms with Crippen molar-refractivity contribution in [1.29, 1.82) is 0 Å². The Hall–Kier alpha value is -3.69. The molecule has 2 aliphatic heterocycles. The molecule has 0 saturated carbocycles. The lowest BCUT2D eigenvalue weighted by molar-refractivity contribution is 0.000953. The molecule has 9 nitrogen and oxygen atoms in total. The molecule has 2 aromatic carbocycles. The third-order valence-electron chi connectivity index (χ3n) is 9.27. The number of aromatic nitrogens is 3. The average molecular weight is 582 g/mol. The third-order valence-corrected chi connectivity index (χ3v) is 9.27. The summed E-state index contributed by atoms with van der Waals surface area (Å²) in [5.41, 5.74) is 10.5. The van der Waals surface area contributed by atoms with Gasteiger partial charge in [0.2, 0.25) is 0 Å². The molecule has 4 heterocycles. The summed E-state index contributed by atoms with van der Waals surface area (Å²) in [5.74, 6) is 0.0216. The third kappa shape index (κ3) is 4.92. The van der Waals surface area contributed by atoms with Crippen LogP contribution in [0.1, 0.15) is 66.9 Å². The van der Waals surface area contributed by atoms with E-state index in [1.54, 1.807) is 0 Å². The van der Waals surface area contributed by atoms with Crippen LogP contribution in [0.4, 0.5) is 0 Å². The van der Waals surface area contributed by atoms with Crippen LogP contribution in [0.2, 0.25) is 0 Å². The van der Waals surface area contributed by atoms with Crippen LogP contribution in [-0.4, -0.2) is 81.1 Å². The Morgan fingerprint density at radius 3 is 2.60 bits per heavy atom. The molecule has 4 aromatic rings. The van der Waals surface area contributed by atoms with Crippen LogP contribution in [0.15, 0.2) is 29.6 Å². The van der Waals surface area contributed by atoms with Crippen LogP contribution in [-0.2, 0) is 37.8 Å². The molecule has 9 heteroatoms. The van der Waals surface area contributed by atoms with Gasteiger partial charge in [0.1, 0.15) is 5.60 Å². The van der Waals surface area contributed by atoms with Gasteiger partial charge in [-0.1, -0.05) is 11.2 Å². The molecule has 226 valence electrons. The van der Waals surface area contributed by atoms with Crippen LogP contribution in [0.5, 0.6) is 0 Å². The smallest absolute Gasteiger partial charge is 0.252 e. The summed E-state index contributed by atoms with van der Waals surface area (Å²) < 4.78 is 4.44. The fraction of sp³-hybridized carbons (Fsp3) is 0.500. The summed E-state index contributed by atoms with van der Waals surface area (Å²) in [5, 5.41) is 14.8. The molecular formula is C34H43N7O2. The van der Waals surface area contributed by atoms with E-state index in [0.29, 0.717) is 6.54 Å². The van der Waals surface area contributed by atoms with Gasteiger partial charge in [-0.3, -0.25) is 9.48 Å². The Labute approximate surface area is 253 Å². The lowest BCUT2D eigenvalue weighted by Gasteiger charge is -2.32. The van der Waals surface area contributed by atoms with Crippen molar-refractivity contribution in [1.82, 2.24) is 29.5 Å². The maximum Gasteiger partial charge on any atom is 0.252 e. The number of nitrogens with zero attached hydrogens (tertiary/aromatic N) is 6. The van der Waals surface area contributed by atoms with Crippen LogP contribution in [0.3, 0.4) is 0 Å². The van der Waals surface area contributed by atoms with Crippen molar-refractivity contribution in [3.05, 3.63) is 52.3 Å². The summed E-state index contributed by atoms with van der Waals surface area (Å²) >= 11 is 0. The molecule has 3 aliphatic rings. The standard InChI is InChI=1S/C34H43N7O2/c1-21(37-43-34(2,3)4)22-8-11-28-24(18-22)30-25-19-35-33(42)31(25)29-23(9-10-27-26(29)20-39(6)36-27)32(30)41(28)13-7-12-40-16-14-38(5)15-17-40/h8,11,18,20H,7,9-10,12-17,19H2,1-6H3,(H,35,42). The van der Waals surface area contributed by atoms with E-state index in [0.717, 1.165) is 97.8 Å². The van der Waals surface area contributed by atoms with E-state index >= 15 is 0 Å². The van der Waals surface area contributed by atoms with E-state index in [-0.39, 0.29) is 11.5 Å². The highest BCUT2D eigenvalue weighted by Crippen LogP contribution is 2.47. The predicted octanol–water partition coefficient (Wildman–Crippen LogP) is 4.71. The van der Waals surface area contributed by atoms with Crippen LogP contribution in [0, 0.1) is 0 Å². The summed E-state index contributed by atoms with van der Waals surface area (Å²) in [4.78, 5) is 24.3. The number of carbonyl (C=O) groups is 1. The van der Waals surface area contributed by atoms with Gasteiger partial charge < -0.3 is 24.5 Å². The molecule has 1 aliphatic carbocycles. The Morgan fingerprint density at radius 1 is 1.05 bits per heavy atom. The first-order chi connectivity index (χ1) is 20.6. The Morgan fingerprint density at radius 2 is 1.84 bits per heavy atom. The van der Waals surface area contributed by atoms with E-state index in [4.69, 9.17) is 9.94 Å². The molecule has 0 spiro atoms. The lowest BCUT2D eigenvalue weighted by atomic mass is 9.82. The fourth-order valence-corrected chi connectivity index (χ4v) is 7.15. The number of rotatable bonds is 6. The number of aryl methyl sites for hydroxylation is 4. The zero-order valence-corrected chi connectivity index (χ0v) is 26.4. The zero-order valence-electron chi connectivity index (χ0n) is 26.4. The Kier molecular flexibility index (Phi) is 6.85. The summed E-state index contributed by atoms with van der Waals surface area (Å²) in [6.45, 7) is 15.1. The molecule has 1 saturated heterocycles. The topological polar surface area (TPSA) is 79.9 Å². The van der Waals surface area contributed by atoms with E-state index in [1.807, 2.05) is 39.4 Å². The predicted molar refractivity (Wildman–Crippen MR) is 172 cm³/mol. The van der Waals surface area contributed by atoms with Gasteiger partial charge in [0.15, 0.2) is 0 Å². The second-order valence-corrected chi connectivity index (χ2v) is 13.5. The molecule has 0 radical (unpaired) electrons. The number of amides is 1. The number of nitrogens with one attached hydrogen (secondary N) is 1. The molecular weight excluding hydrogens is 538 g/mol. The van der Waals surface area contributed by atoms with Crippen molar-refractivity contribution in [3.8, 4) is 11.1 Å². The number of benzene rings is 2. The Bertz CT molecular complexity index is 1780. The van der Waals surface area contributed by atoms with Crippen molar-refractivity contribution in [2.24, 2.45) is 12.2 Å². The quantitative estimate of drug-likeness (QED) is 0.264. The van der Waals surface area contributed by atoms with E-state index in [1.165, 1.54) is 27.4 Å². The van der Waals surface area contributed by atoms with Crippen molar-refractivity contribution >= 4 is 33.4 Å². The number of piperazine rings is 1. The van der Waals surface area contributed by atoms with Crippen molar-refractivity contribution < 1.29 is 9.63 Å². The molecule has 43 heavy (non-hydrogen) atoms. The second-order valence-electron chi connectivity index (χ2n) is 13.5. The molecule has 0 bridgehead atoms. The van der Waals surface area contributed by atoms with Gasteiger partial charge >= 0.3 is 0 Å². The summed E-state index contributed by atoms with van der Waals surface area (Å²) in [7, 11) is 4.18. The molecule has 1 amide bonds. The number of carbonyl (C=O) groups excluding carboxylic acids is 1. The maximum absolute atomic E-state index is 13.5. The van der Waals surface area contributed by atoms with Gasteiger partial charge in [-0.25, -0.2) is 0 Å². The van der Waals surface area contributed by atoms with Gasteiger partial charge in [-0.05, 0) is 89.4 Å². The Balaban J connectivity index is 1.41. The number of hydrogen-bond donors (Lipinski definition) is 1. The minimum absolute atomic E-state index is 0.0216. The van der Waals surface area contributed by atoms with Gasteiger partial charge in [-0.15, -0.1) is 0 Å². The van der Waals surface area contributed by atoms with Gasteiger partial charge in [0, 0.05) is 79.9 Å². The molecule has 0 atom stereocenters. The first-order valence-corrected chi connectivity index (χ1v) is 15.7. The first-order valence-electron chi connectivity index (χ1n) is 15.7. The van der Waals surface area contributed by atoms with Crippen LogP contribution < -0.4 is 5.32 Å². The summed E-state index contributed by atoms with van der Waals surface area (Å²) in [6.07, 6.45) is 4.92. The van der Waals surface area contributed by atoms with Crippen LogP contribution >= 0.6 is 0 Å². The zero-order chi connectivity index (χ0) is 30.0. The molecule has 1 fully saturated rings. The van der Waals surface area contributed by atoms with Crippen molar-refractivity contribution in [2.75, 3.05) is 39.8 Å². The second kappa shape index (κ2) is 10.5. The van der Waals surface area contributed by atoms with Gasteiger partial charge in [0.25, 0.3) is 5.91 Å². The number of oxime groups is 1. The summed E-state index contributed by atoms with van der Waals surface area (Å²) in [6, 6.07) is 6.67. The average Bonchev–Trinajstić information content (AvgIpc) is 3.64. The first kappa shape index (κ1) is 28.1. The van der Waals surface area contributed by atoms with E-state index < -0.39 is 0 Å². The van der Waals surface area contributed by atoms with Gasteiger partial charge in [0.05, 0.1) is 22.5 Å². The van der Waals surface area contributed by atoms with Crippen molar-refractivity contribution in [3.63, 3.8) is 0 Å². The molecule has 0 unspecified atom stereocenters. The molecule has 1 N–H and O–H groups in total. The van der Waals surface area contributed by atoms with E-state index in [9.17, 15) is 4.79 Å². The number of fused-ring (bicyclic) bond motifs is 10. The van der Waals surface area contributed by atoms with Gasteiger partial charge in [-0.2, -0.15) is 5.10 Å².